The lowest BCUT2D eigenvalue weighted by Crippen LogP contribution is -2.26. The lowest BCUT2D eigenvalue weighted by molar-refractivity contribution is -0.119. The average Bonchev–Trinajstić information content (AvgIpc) is 2.20. The van der Waals surface area contributed by atoms with E-state index in [9.17, 15) is 4.79 Å². The Balaban J connectivity index is 2.67. The van der Waals surface area contributed by atoms with E-state index in [1.54, 1.807) is 6.21 Å². The van der Waals surface area contributed by atoms with Crippen LogP contribution in [0.3, 0.4) is 0 Å². The summed E-state index contributed by atoms with van der Waals surface area (Å²) in [6.07, 6.45) is 2.32. The molecule has 0 bridgehead atoms. The summed E-state index contributed by atoms with van der Waals surface area (Å²) in [6.45, 7) is 1.89. The van der Waals surface area contributed by atoms with Gasteiger partial charge in [-0.05, 0) is 12.0 Å². The third-order valence-corrected chi connectivity index (χ3v) is 1.92. The zero-order valence-electron chi connectivity index (χ0n) is 8.18. The van der Waals surface area contributed by atoms with Crippen molar-refractivity contribution in [1.29, 1.82) is 0 Å². The number of primary amides is 1. The highest BCUT2D eigenvalue weighted by atomic mass is 16.1. The second-order valence-electron chi connectivity index (χ2n) is 3.02. The SMILES string of the molecule is CCC(/N=C/c1ccccc1)C(N)=O. The Morgan fingerprint density at radius 2 is 2.14 bits per heavy atom. The Labute approximate surface area is 83.7 Å². The molecule has 0 fully saturated rings. The largest absolute Gasteiger partial charge is 0.368 e. The quantitative estimate of drug-likeness (QED) is 0.716. The van der Waals surface area contributed by atoms with Crippen LogP contribution in [-0.4, -0.2) is 18.2 Å². The van der Waals surface area contributed by atoms with Crippen molar-refractivity contribution in [3.63, 3.8) is 0 Å². The molecule has 0 aliphatic carbocycles. The Morgan fingerprint density at radius 3 is 2.64 bits per heavy atom. The number of carbonyl (C=O) groups is 1. The topological polar surface area (TPSA) is 55.4 Å². The van der Waals surface area contributed by atoms with Crippen molar-refractivity contribution in [2.24, 2.45) is 10.7 Å². The van der Waals surface area contributed by atoms with Gasteiger partial charge in [0.15, 0.2) is 0 Å². The van der Waals surface area contributed by atoms with Crippen LogP contribution in [0.15, 0.2) is 35.3 Å². The molecule has 1 rings (SSSR count). The van der Waals surface area contributed by atoms with Gasteiger partial charge in [-0.2, -0.15) is 0 Å². The van der Waals surface area contributed by atoms with Crippen LogP contribution >= 0.6 is 0 Å². The van der Waals surface area contributed by atoms with Crippen molar-refractivity contribution < 1.29 is 4.79 Å². The van der Waals surface area contributed by atoms with Crippen molar-refractivity contribution in [2.45, 2.75) is 19.4 Å². The number of nitrogens with zero attached hydrogens (tertiary/aromatic N) is 1. The first-order chi connectivity index (χ1) is 6.74. The molecule has 0 spiro atoms. The highest BCUT2D eigenvalue weighted by Crippen LogP contribution is 1.99. The van der Waals surface area contributed by atoms with E-state index < -0.39 is 6.04 Å². The molecule has 2 N–H and O–H groups in total. The molecule has 0 radical (unpaired) electrons. The van der Waals surface area contributed by atoms with Crippen molar-refractivity contribution in [1.82, 2.24) is 0 Å². The molecule has 0 heterocycles. The molecule has 1 atom stereocenters. The molecule has 0 aliphatic rings. The molecular formula is C11H14N2O. The van der Waals surface area contributed by atoms with Gasteiger partial charge in [0.25, 0.3) is 0 Å². The third-order valence-electron chi connectivity index (χ3n) is 1.92. The van der Waals surface area contributed by atoms with E-state index >= 15 is 0 Å². The summed E-state index contributed by atoms with van der Waals surface area (Å²) >= 11 is 0. The molecule has 1 amide bonds. The fraction of sp³-hybridized carbons (Fsp3) is 0.273. The second kappa shape index (κ2) is 5.17. The average molecular weight is 190 g/mol. The smallest absolute Gasteiger partial charge is 0.242 e. The minimum Gasteiger partial charge on any atom is -0.368 e. The Bertz CT molecular complexity index is 319. The molecule has 0 saturated carbocycles. The molecule has 14 heavy (non-hydrogen) atoms. The number of carbonyl (C=O) groups excluding carboxylic acids is 1. The zero-order valence-corrected chi connectivity index (χ0v) is 8.18. The molecule has 0 aliphatic heterocycles. The van der Waals surface area contributed by atoms with Gasteiger partial charge in [0.2, 0.25) is 5.91 Å². The van der Waals surface area contributed by atoms with Crippen LogP contribution in [0.4, 0.5) is 0 Å². The third kappa shape index (κ3) is 3.01. The van der Waals surface area contributed by atoms with Gasteiger partial charge in [-0.1, -0.05) is 37.3 Å². The number of nitrogens with two attached hydrogens (primary N) is 1. The van der Waals surface area contributed by atoms with Gasteiger partial charge in [0, 0.05) is 6.21 Å². The van der Waals surface area contributed by atoms with Crippen LogP contribution < -0.4 is 5.73 Å². The van der Waals surface area contributed by atoms with Gasteiger partial charge in [-0.25, -0.2) is 0 Å². The van der Waals surface area contributed by atoms with Crippen molar-refractivity contribution in [3.8, 4) is 0 Å². The summed E-state index contributed by atoms with van der Waals surface area (Å²) < 4.78 is 0. The molecule has 1 aromatic rings. The standard InChI is InChI=1S/C11H14N2O/c1-2-10(11(12)14)13-8-9-6-4-3-5-7-9/h3-8,10H,2H2,1H3,(H2,12,14)/b13-8+. The maximum Gasteiger partial charge on any atom is 0.242 e. The molecule has 3 heteroatoms. The fourth-order valence-corrected chi connectivity index (χ4v) is 1.10. The second-order valence-corrected chi connectivity index (χ2v) is 3.02. The molecule has 74 valence electrons. The minimum absolute atomic E-state index is 0.375. The zero-order chi connectivity index (χ0) is 10.4. The summed E-state index contributed by atoms with van der Waals surface area (Å²) in [5.74, 6) is -0.375. The van der Waals surface area contributed by atoms with Gasteiger partial charge in [0.1, 0.15) is 6.04 Å². The number of benzene rings is 1. The highest BCUT2D eigenvalue weighted by molar-refractivity contribution is 5.85. The Hall–Kier alpha value is -1.64. The predicted molar refractivity (Wildman–Crippen MR) is 57.3 cm³/mol. The maximum atomic E-state index is 10.9. The van der Waals surface area contributed by atoms with Crippen molar-refractivity contribution in [3.05, 3.63) is 35.9 Å². The van der Waals surface area contributed by atoms with Crippen LogP contribution in [0, 0.1) is 0 Å². The van der Waals surface area contributed by atoms with Gasteiger partial charge >= 0.3 is 0 Å². The first-order valence-electron chi connectivity index (χ1n) is 4.61. The van der Waals surface area contributed by atoms with Crippen LogP contribution in [0.25, 0.3) is 0 Å². The molecule has 0 saturated heterocycles. The lowest BCUT2D eigenvalue weighted by Gasteiger charge is -2.03. The number of aliphatic imine (C=N–C) groups is 1. The number of hydrogen-bond donors (Lipinski definition) is 1. The summed E-state index contributed by atoms with van der Waals surface area (Å²) in [5, 5.41) is 0. The highest BCUT2D eigenvalue weighted by Gasteiger charge is 2.08. The summed E-state index contributed by atoms with van der Waals surface area (Å²) in [6, 6.07) is 9.23. The summed E-state index contributed by atoms with van der Waals surface area (Å²) in [7, 11) is 0. The Kier molecular flexibility index (Phi) is 3.85. The number of hydrogen-bond acceptors (Lipinski definition) is 2. The van der Waals surface area contributed by atoms with Gasteiger partial charge in [-0.3, -0.25) is 9.79 Å². The van der Waals surface area contributed by atoms with Crippen molar-refractivity contribution in [2.75, 3.05) is 0 Å². The van der Waals surface area contributed by atoms with Crippen LogP contribution in [0.2, 0.25) is 0 Å². The molecule has 0 aromatic heterocycles. The number of amides is 1. The van der Waals surface area contributed by atoms with Crippen LogP contribution in [-0.2, 0) is 4.79 Å². The molecule has 1 unspecified atom stereocenters. The first kappa shape index (κ1) is 10.4. The Morgan fingerprint density at radius 1 is 1.50 bits per heavy atom. The fourth-order valence-electron chi connectivity index (χ4n) is 1.10. The van der Waals surface area contributed by atoms with Crippen LogP contribution in [0.1, 0.15) is 18.9 Å². The number of rotatable bonds is 4. The van der Waals surface area contributed by atoms with Crippen LogP contribution in [0.5, 0.6) is 0 Å². The lowest BCUT2D eigenvalue weighted by atomic mass is 10.2. The predicted octanol–water partition coefficient (Wildman–Crippen LogP) is 1.37. The molecular weight excluding hydrogens is 176 g/mol. The van der Waals surface area contributed by atoms with Crippen molar-refractivity contribution >= 4 is 12.1 Å². The normalized spacial score (nSPS) is 12.9. The molecule has 3 nitrogen and oxygen atoms in total. The maximum absolute atomic E-state index is 10.9. The van der Waals surface area contributed by atoms with Gasteiger partial charge in [0.05, 0.1) is 0 Å². The van der Waals surface area contributed by atoms with Gasteiger partial charge in [-0.15, -0.1) is 0 Å². The van der Waals surface area contributed by atoms with E-state index in [0.717, 1.165) is 5.56 Å². The van der Waals surface area contributed by atoms with E-state index in [2.05, 4.69) is 4.99 Å². The van der Waals surface area contributed by atoms with E-state index in [1.165, 1.54) is 0 Å². The minimum atomic E-state index is -0.407. The summed E-state index contributed by atoms with van der Waals surface area (Å²) in [4.78, 5) is 15.0. The monoisotopic (exact) mass is 190 g/mol. The first-order valence-corrected chi connectivity index (χ1v) is 4.61. The van der Waals surface area contributed by atoms with E-state index in [0.29, 0.717) is 6.42 Å². The van der Waals surface area contributed by atoms with E-state index in [1.807, 2.05) is 37.3 Å². The van der Waals surface area contributed by atoms with Gasteiger partial charge < -0.3 is 5.73 Å². The molecule has 1 aromatic carbocycles. The summed E-state index contributed by atoms with van der Waals surface area (Å²) in [5.41, 5.74) is 6.14. The van der Waals surface area contributed by atoms with E-state index in [-0.39, 0.29) is 5.91 Å². The van der Waals surface area contributed by atoms with E-state index in [4.69, 9.17) is 5.73 Å².